The van der Waals surface area contributed by atoms with Crippen molar-refractivity contribution in [3.8, 4) is 0 Å². The van der Waals surface area contributed by atoms with Crippen molar-refractivity contribution in [3.63, 3.8) is 0 Å². The maximum atomic E-state index is 11.4. The van der Waals surface area contributed by atoms with E-state index in [2.05, 4.69) is 25.7 Å². The van der Waals surface area contributed by atoms with Gasteiger partial charge in [-0.15, -0.1) is 0 Å². The molecular formula is C13H25NO2. The summed E-state index contributed by atoms with van der Waals surface area (Å²) in [5.74, 6) is -0.220. The average molecular weight is 227 g/mol. The lowest BCUT2D eigenvalue weighted by atomic mass is 10.1. The highest BCUT2D eigenvalue weighted by atomic mass is 16.4. The van der Waals surface area contributed by atoms with Crippen LogP contribution in [0.3, 0.4) is 0 Å². The van der Waals surface area contributed by atoms with Gasteiger partial charge in [0.05, 0.1) is 0 Å². The number of aliphatic carboxylic acids is 1. The van der Waals surface area contributed by atoms with Crippen molar-refractivity contribution >= 4 is 5.97 Å². The molecule has 0 radical (unpaired) electrons. The lowest BCUT2D eigenvalue weighted by Gasteiger charge is -2.34. The van der Waals surface area contributed by atoms with Crippen molar-refractivity contribution < 1.29 is 9.90 Å². The van der Waals surface area contributed by atoms with Crippen molar-refractivity contribution in [2.75, 3.05) is 6.54 Å². The first-order valence-corrected chi connectivity index (χ1v) is 6.60. The molecule has 0 aliphatic heterocycles. The summed E-state index contributed by atoms with van der Waals surface area (Å²) in [6, 6.07) is 0.148. The number of carboxylic acid groups (broad SMARTS) is 1. The third-order valence-corrected chi connectivity index (χ3v) is 3.61. The molecule has 2 unspecified atom stereocenters. The van der Waals surface area contributed by atoms with E-state index in [1.54, 1.807) is 0 Å². The molecule has 0 aromatic rings. The topological polar surface area (TPSA) is 40.5 Å². The predicted octanol–water partition coefficient (Wildman–Crippen LogP) is 2.75. The molecule has 1 aliphatic rings. The summed E-state index contributed by atoms with van der Waals surface area (Å²) in [4.78, 5) is 13.6. The van der Waals surface area contributed by atoms with E-state index in [1.807, 2.05) is 0 Å². The largest absolute Gasteiger partial charge is 0.480 e. The molecule has 1 aliphatic carbocycles. The van der Waals surface area contributed by atoms with Crippen LogP contribution in [0.2, 0.25) is 0 Å². The van der Waals surface area contributed by atoms with Crippen LogP contribution < -0.4 is 0 Å². The maximum absolute atomic E-state index is 11.4. The van der Waals surface area contributed by atoms with Gasteiger partial charge >= 0.3 is 5.97 Å². The van der Waals surface area contributed by atoms with E-state index in [9.17, 15) is 9.90 Å². The molecule has 0 amide bonds. The molecule has 0 heterocycles. The van der Waals surface area contributed by atoms with Crippen molar-refractivity contribution in [2.24, 2.45) is 5.92 Å². The summed E-state index contributed by atoms with van der Waals surface area (Å²) in [7, 11) is 0. The summed E-state index contributed by atoms with van der Waals surface area (Å²) in [5.41, 5.74) is 0. The minimum absolute atomic E-state index is 0.235. The molecule has 0 aromatic heterocycles. The SMILES string of the molecule is CCCCN(C(C)CC)C(C(=O)O)C1CC1. The summed E-state index contributed by atoms with van der Waals surface area (Å²) in [6.07, 6.45) is 5.44. The van der Waals surface area contributed by atoms with E-state index in [-0.39, 0.29) is 6.04 Å². The average Bonchev–Trinajstić information content (AvgIpc) is 3.06. The number of carboxylic acids is 1. The summed E-state index contributed by atoms with van der Waals surface area (Å²) < 4.78 is 0. The first-order valence-electron chi connectivity index (χ1n) is 6.60. The van der Waals surface area contributed by atoms with Crippen molar-refractivity contribution in [1.29, 1.82) is 0 Å². The zero-order valence-electron chi connectivity index (χ0n) is 10.8. The third-order valence-electron chi connectivity index (χ3n) is 3.61. The first kappa shape index (κ1) is 13.5. The van der Waals surface area contributed by atoms with Crippen LogP contribution in [0.25, 0.3) is 0 Å². The van der Waals surface area contributed by atoms with E-state index in [0.717, 1.165) is 38.6 Å². The van der Waals surface area contributed by atoms with E-state index in [4.69, 9.17) is 0 Å². The van der Waals surface area contributed by atoms with E-state index < -0.39 is 5.97 Å². The minimum atomic E-state index is -0.626. The fourth-order valence-electron chi connectivity index (χ4n) is 2.24. The molecule has 3 heteroatoms. The molecule has 1 rings (SSSR count). The molecule has 3 nitrogen and oxygen atoms in total. The fourth-order valence-corrected chi connectivity index (χ4v) is 2.24. The molecule has 0 spiro atoms. The summed E-state index contributed by atoms with van der Waals surface area (Å²) in [6.45, 7) is 7.37. The minimum Gasteiger partial charge on any atom is -0.480 e. The Morgan fingerprint density at radius 2 is 2.06 bits per heavy atom. The van der Waals surface area contributed by atoms with Crippen LogP contribution in [-0.4, -0.2) is 34.6 Å². The second-order valence-corrected chi connectivity index (χ2v) is 4.97. The monoisotopic (exact) mass is 227 g/mol. The molecular weight excluding hydrogens is 202 g/mol. The molecule has 16 heavy (non-hydrogen) atoms. The number of rotatable bonds is 8. The number of hydrogen-bond acceptors (Lipinski definition) is 2. The number of unbranched alkanes of at least 4 members (excludes halogenated alkanes) is 1. The van der Waals surface area contributed by atoms with Gasteiger partial charge in [-0.2, -0.15) is 0 Å². The maximum Gasteiger partial charge on any atom is 0.321 e. The number of hydrogen-bond donors (Lipinski definition) is 1. The first-order chi connectivity index (χ1) is 7.61. The van der Waals surface area contributed by atoms with Gasteiger partial charge in [-0.3, -0.25) is 9.69 Å². The lowest BCUT2D eigenvalue weighted by Crippen LogP contribution is -2.47. The van der Waals surface area contributed by atoms with E-state index in [0.29, 0.717) is 12.0 Å². The van der Waals surface area contributed by atoms with Crippen LogP contribution in [0.5, 0.6) is 0 Å². The van der Waals surface area contributed by atoms with Crippen LogP contribution in [0.4, 0.5) is 0 Å². The Hall–Kier alpha value is -0.570. The highest BCUT2D eigenvalue weighted by Crippen LogP contribution is 2.36. The molecule has 0 aromatic carbocycles. The molecule has 1 fully saturated rings. The van der Waals surface area contributed by atoms with Crippen LogP contribution in [0.1, 0.15) is 52.9 Å². The Kier molecular flexibility index (Phi) is 5.26. The predicted molar refractivity (Wildman–Crippen MR) is 65.5 cm³/mol. The van der Waals surface area contributed by atoms with Gasteiger partial charge in [0.25, 0.3) is 0 Å². The normalized spacial score (nSPS) is 19.8. The zero-order chi connectivity index (χ0) is 12.1. The Balaban J connectivity index is 2.66. The molecule has 2 atom stereocenters. The van der Waals surface area contributed by atoms with Gasteiger partial charge in [-0.05, 0) is 45.1 Å². The van der Waals surface area contributed by atoms with E-state index in [1.165, 1.54) is 0 Å². The Morgan fingerprint density at radius 3 is 2.44 bits per heavy atom. The standard InChI is InChI=1S/C13H25NO2/c1-4-6-9-14(10(3)5-2)12(13(15)16)11-7-8-11/h10-12H,4-9H2,1-3H3,(H,15,16). The quantitative estimate of drug-likeness (QED) is 0.693. The Morgan fingerprint density at radius 1 is 1.44 bits per heavy atom. The number of nitrogens with zero attached hydrogens (tertiary/aromatic N) is 1. The second kappa shape index (κ2) is 6.24. The van der Waals surface area contributed by atoms with Gasteiger partial charge in [0.2, 0.25) is 0 Å². The van der Waals surface area contributed by atoms with E-state index >= 15 is 0 Å². The van der Waals surface area contributed by atoms with Crippen LogP contribution in [0.15, 0.2) is 0 Å². The summed E-state index contributed by atoms with van der Waals surface area (Å²) >= 11 is 0. The van der Waals surface area contributed by atoms with Crippen molar-refractivity contribution in [3.05, 3.63) is 0 Å². The van der Waals surface area contributed by atoms with Crippen LogP contribution >= 0.6 is 0 Å². The molecule has 94 valence electrons. The fraction of sp³-hybridized carbons (Fsp3) is 0.923. The van der Waals surface area contributed by atoms with Gasteiger partial charge < -0.3 is 5.11 Å². The smallest absolute Gasteiger partial charge is 0.321 e. The molecule has 1 saturated carbocycles. The molecule has 0 saturated heterocycles. The van der Waals surface area contributed by atoms with Gasteiger partial charge in [0, 0.05) is 6.04 Å². The van der Waals surface area contributed by atoms with Gasteiger partial charge in [-0.1, -0.05) is 20.3 Å². The third kappa shape index (κ3) is 3.48. The van der Waals surface area contributed by atoms with Gasteiger partial charge in [-0.25, -0.2) is 0 Å². The highest BCUT2D eigenvalue weighted by molar-refractivity contribution is 5.74. The Labute approximate surface area is 98.8 Å². The zero-order valence-corrected chi connectivity index (χ0v) is 10.8. The van der Waals surface area contributed by atoms with Gasteiger partial charge in [0.15, 0.2) is 0 Å². The summed E-state index contributed by atoms with van der Waals surface area (Å²) in [5, 5.41) is 9.36. The molecule has 1 N–H and O–H groups in total. The van der Waals surface area contributed by atoms with Crippen LogP contribution in [-0.2, 0) is 4.79 Å². The van der Waals surface area contributed by atoms with Gasteiger partial charge in [0.1, 0.15) is 6.04 Å². The Bertz CT molecular complexity index is 226. The van der Waals surface area contributed by atoms with Crippen molar-refractivity contribution in [1.82, 2.24) is 4.90 Å². The van der Waals surface area contributed by atoms with Crippen molar-refractivity contribution in [2.45, 2.75) is 65.0 Å². The second-order valence-electron chi connectivity index (χ2n) is 4.97. The van der Waals surface area contributed by atoms with Crippen LogP contribution in [0, 0.1) is 5.92 Å². The highest BCUT2D eigenvalue weighted by Gasteiger charge is 2.41. The molecule has 0 bridgehead atoms. The lowest BCUT2D eigenvalue weighted by molar-refractivity contribution is -0.145. The number of carbonyl (C=O) groups is 1.